The van der Waals surface area contributed by atoms with Crippen molar-refractivity contribution in [2.75, 3.05) is 5.73 Å². The number of benzene rings is 1. The van der Waals surface area contributed by atoms with Gasteiger partial charge >= 0.3 is 0 Å². The van der Waals surface area contributed by atoms with Gasteiger partial charge in [-0.2, -0.15) is 0 Å². The summed E-state index contributed by atoms with van der Waals surface area (Å²) >= 11 is 0. The van der Waals surface area contributed by atoms with Crippen LogP contribution in [0.2, 0.25) is 0 Å². The fourth-order valence-corrected chi connectivity index (χ4v) is 1.40. The van der Waals surface area contributed by atoms with Crippen LogP contribution in [-0.2, 0) is 6.61 Å². The van der Waals surface area contributed by atoms with Crippen LogP contribution < -0.4 is 10.5 Å². The molecule has 0 aliphatic rings. The van der Waals surface area contributed by atoms with Gasteiger partial charge in [-0.05, 0) is 18.2 Å². The zero-order valence-electron chi connectivity index (χ0n) is 9.45. The molecule has 0 unspecified atom stereocenters. The molecule has 1 heterocycles. The van der Waals surface area contributed by atoms with Crippen LogP contribution >= 0.6 is 0 Å². The van der Waals surface area contributed by atoms with E-state index in [0.29, 0.717) is 5.69 Å². The summed E-state index contributed by atoms with van der Waals surface area (Å²) in [4.78, 5) is 14.2. The van der Waals surface area contributed by atoms with Gasteiger partial charge in [-0.3, -0.25) is 15.1 Å². The van der Waals surface area contributed by atoms with E-state index >= 15 is 0 Å². The number of nitrogens with two attached hydrogens (primary N) is 1. The molecule has 2 rings (SSSR count). The topological polar surface area (TPSA) is 91.3 Å². The first-order chi connectivity index (χ1) is 8.66. The minimum atomic E-state index is -0.493. The zero-order chi connectivity index (χ0) is 13.0. The summed E-state index contributed by atoms with van der Waals surface area (Å²) in [6, 6.07) is 9.52. The number of nitrogens with zero attached hydrogens (tertiary/aromatic N) is 2. The molecule has 2 N–H and O–H groups in total. The van der Waals surface area contributed by atoms with Gasteiger partial charge in [-0.15, -0.1) is 0 Å². The molecule has 1 aromatic heterocycles. The van der Waals surface area contributed by atoms with Gasteiger partial charge in [0, 0.05) is 12.3 Å². The molecule has 92 valence electrons. The normalized spacial score (nSPS) is 10.0. The maximum Gasteiger partial charge on any atom is 0.273 e. The van der Waals surface area contributed by atoms with E-state index in [0.717, 1.165) is 5.69 Å². The summed E-state index contributed by atoms with van der Waals surface area (Å²) < 4.78 is 5.42. The maximum atomic E-state index is 10.6. The lowest BCUT2D eigenvalue weighted by Crippen LogP contribution is -2.01. The molecule has 6 nitrogen and oxygen atoms in total. The van der Waals surface area contributed by atoms with Crippen molar-refractivity contribution in [2.24, 2.45) is 0 Å². The Balaban J connectivity index is 2.14. The van der Waals surface area contributed by atoms with E-state index in [1.807, 2.05) is 6.07 Å². The fraction of sp³-hybridized carbons (Fsp3) is 0.0833. The Kier molecular flexibility index (Phi) is 3.38. The lowest BCUT2D eigenvalue weighted by atomic mass is 10.2. The Bertz CT molecular complexity index is 558. The van der Waals surface area contributed by atoms with Crippen LogP contribution in [-0.4, -0.2) is 9.91 Å². The second kappa shape index (κ2) is 5.13. The van der Waals surface area contributed by atoms with Crippen molar-refractivity contribution >= 4 is 11.4 Å². The molecule has 1 aromatic carbocycles. The molecule has 0 saturated carbocycles. The number of non-ortho nitro benzene ring substituents is 1. The minimum Gasteiger partial charge on any atom is -0.485 e. The molecule has 0 saturated heterocycles. The highest BCUT2D eigenvalue weighted by Gasteiger charge is 2.10. The number of rotatable bonds is 4. The smallest absolute Gasteiger partial charge is 0.273 e. The predicted molar refractivity (Wildman–Crippen MR) is 66.1 cm³/mol. The Morgan fingerprint density at radius 2 is 2.17 bits per heavy atom. The molecule has 0 atom stereocenters. The standard InChI is InChI=1S/C12H11N3O3/c13-11-5-4-10(15(16)17)7-12(11)18-8-9-3-1-2-6-14-9/h1-7H,8,13H2. The van der Waals surface area contributed by atoms with Crippen molar-refractivity contribution in [3.8, 4) is 5.75 Å². The second-order valence-corrected chi connectivity index (χ2v) is 3.59. The first kappa shape index (κ1) is 11.8. The lowest BCUT2D eigenvalue weighted by molar-refractivity contribution is -0.384. The third-order valence-electron chi connectivity index (χ3n) is 2.31. The Morgan fingerprint density at radius 3 is 2.83 bits per heavy atom. The van der Waals surface area contributed by atoms with E-state index in [1.54, 1.807) is 18.3 Å². The zero-order valence-corrected chi connectivity index (χ0v) is 9.45. The minimum absolute atomic E-state index is 0.0554. The molecule has 0 aliphatic carbocycles. The van der Waals surface area contributed by atoms with Crippen LogP contribution in [0.1, 0.15) is 5.69 Å². The molecule has 0 aliphatic heterocycles. The van der Waals surface area contributed by atoms with Crippen LogP contribution in [0.25, 0.3) is 0 Å². The Morgan fingerprint density at radius 1 is 1.33 bits per heavy atom. The molecule has 0 amide bonds. The van der Waals surface area contributed by atoms with Crippen molar-refractivity contribution in [2.45, 2.75) is 6.61 Å². The van der Waals surface area contributed by atoms with E-state index in [4.69, 9.17) is 10.5 Å². The number of aromatic nitrogens is 1. The first-order valence-electron chi connectivity index (χ1n) is 5.23. The molecule has 0 fully saturated rings. The SMILES string of the molecule is Nc1ccc([N+](=O)[O-])cc1OCc1ccccn1. The second-order valence-electron chi connectivity index (χ2n) is 3.59. The van der Waals surface area contributed by atoms with Crippen LogP contribution in [0.3, 0.4) is 0 Å². The highest BCUT2D eigenvalue weighted by Crippen LogP contribution is 2.27. The van der Waals surface area contributed by atoms with Crippen LogP contribution in [0.15, 0.2) is 42.6 Å². The van der Waals surface area contributed by atoms with E-state index < -0.39 is 4.92 Å². The van der Waals surface area contributed by atoms with Crippen LogP contribution in [0.5, 0.6) is 5.75 Å². The molecule has 18 heavy (non-hydrogen) atoms. The maximum absolute atomic E-state index is 10.6. The van der Waals surface area contributed by atoms with Crippen LogP contribution in [0, 0.1) is 10.1 Å². The Labute approximate surface area is 103 Å². The van der Waals surface area contributed by atoms with E-state index in [2.05, 4.69) is 4.98 Å². The van der Waals surface area contributed by atoms with Gasteiger partial charge in [-0.1, -0.05) is 6.07 Å². The van der Waals surface area contributed by atoms with Gasteiger partial charge in [0.1, 0.15) is 12.4 Å². The van der Waals surface area contributed by atoms with Crippen molar-refractivity contribution < 1.29 is 9.66 Å². The molecule has 0 radical (unpaired) electrons. The number of nitro benzene ring substituents is 1. The van der Waals surface area contributed by atoms with Crippen molar-refractivity contribution in [1.82, 2.24) is 4.98 Å². The summed E-state index contributed by atoms with van der Waals surface area (Å²) in [6.07, 6.45) is 1.65. The molecular formula is C12H11N3O3. The molecule has 0 bridgehead atoms. The van der Waals surface area contributed by atoms with Crippen molar-refractivity contribution in [3.63, 3.8) is 0 Å². The van der Waals surface area contributed by atoms with Gasteiger partial charge in [0.15, 0.2) is 0 Å². The van der Waals surface area contributed by atoms with Gasteiger partial charge in [0.05, 0.1) is 22.4 Å². The number of nitrogen functional groups attached to an aromatic ring is 1. The summed E-state index contributed by atoms with van der Waals surface area (Å²) in [7, 11) is 0. The van der Waals surface area contributed by atoms with E-state index in [-0.39, 0.29) is 18.0 Å². The largest absolute Gasteiger partial charge is 0.485 e. The third-order valence-corrected chi connectivity index (χ3v) is 2.31. The van der Waals surface area contributed by atoms with Crippen LogP contribution in [0.4, 0.5) is 11.4 Å². The monoisotopic (exact) mass is 245 g/mol. The van der Waals surface area contributed by atoms with E-state index in [1.165, 1.54) is 18.2 Å². The fourth-order valence-electron chi connectivity index (χ4n) is 1.40. The molecule has 6 heteroatoms. The number of hydrogen-bond donors (Lipinski definition) is 1. The first-order valence-corrected chi connectivity index (χ1v) is 5.23. The number of anilines is 1. The number of ether oxygens (including phenoxy) is 1. The molecule has 0 spiro atoms. The number of pyridine rings is 1. The molecule has 2 aromatic rings. The van der Waals surface area contributed by atoms with Gasteiger partial charge in [0.2, 0.25) is 0 Å². The van der Waals surface area contributed by atoms with Crippen molar-refractivity contribution in [3.05, 3.63) is 58.4 Å². The number of hydrogen-bond acceptors (Lipinski definition) is 5. The van der Waals surface area contributed by atoms with Gasteiger partial charge in [-0.25, -0.2) is 0 Å². The van der Waals surface area contributed by atoms with Gasteiger partial charge < -0.3 is 10.5 Å². The number of nitro groups is 1. The highest BCUT2D eigenvalue weighted by atomic mass is 16.6. The van der Waals surface area contributed by atoms with E-state index in [9.17, 15) is 10.1 Å². The predicted octanol–water partition coefficient (Wildman–Crippen LogP) is 2.15. The summed E-state index contributed by atoms with van der Waals surface area (Å²) in [5, 5.41) is 10.6. The summed E-state index contributed by atoms with van der Waals surface area (Å²) in [5.74, 6) is 0.287. The summed E-state index contributed by atoms with van der Waals surface area (Å²) in [6.45, 7) is 0.214. The lowest BCUT2D eigenvalue weighted by Gasteiger charge is -2.07. The average molecular weight is 245 g/mol. The quantitative estimate of drug-likeness (QED) is 0.506. The van der Waals surface area contributed by atoms with Gasteiger partial charge in [0.25, 0.3) is 5.69 Å². The summed E-state index contributed by atoms with van der Waals surface area (Å²) in [5.41, 5.74) is 6.71. The third kappa shape index (κ3) is 2.73. The molecular weight excluding hydrogens is 234 g/mol. The highest BCUT2D eigenvalue weighted by molar-refractivity contribution is 5.57. The Hall–Kier alpha value is -2.63. The average Bonchev–Trinajstić information content (AvgIpc) is 2.38. The van der Waals surface area contributed by atoms with Crippen molar-refractivity contribution in [1.29, 1.82) is 0 Å².